The van der Waals surface area contributed by atoms with Gasteiger partial charge in [-0.1, -0.05) is 18.2 Å². The molecule has 1 atom stereocenters. The molecular formula is C26H25F4NO6. The lowest BCUT2D eigenvalue weighted by atomic mass is 9.84. The van der Waals surface area contributed by atoms with Gasteiger partial charge in [-0.05, 0) is 47.5 Å². The Kier molecular flexibility index (Phi) is 9.09. The van der Waals surface area contributed by atoms with Gasteiger partial charge in [-0.2, -0.15) is 0 Å². The summed E-state index contributed by atoms with van der Waals surface area (Å²) in [5.41, 5.74) is -1.37. The number of aliphatic hydroxyl groups excluding tert-OH is 3. The number of rotatable bonds is 12. The zero-order valence-corrected chi connectivity index (χ0v) is 19.4. The van der Waals surface area contributed by atoms with Gasteiger partial charge in [-0.3, -0.25) is 0 Å². The molecule has 11 heteroatoms. The molecule has 0 saturated heterocycles. The van der Waals surface area contributed by atoms with Crippen molar-refractivity contribution in [2.45, 2.75) is 19.1 Å². The average molecular weight is 523 g/mol. The minimum absolute atomic E-state index is 0.0221. The Bertz CT molecular complexity index is 1240. The number of anilines is 1. The normalized spacial score (nSPS) is 12.3. The topological polar surface area (TPSA) is 119 Å². The molecule has 37 heavy (non-hydrogen) atoms. The van der Waals surface area contributed by atoms with E-state index in [1.807, 2.05) is 0 Å². The van der Waals surface area contributed by atoms with Crippen LogP contribution in [0.3, 0.4) is 0 Å². The van der Waals surface area contributed by atoms with E-state index < -0.39 is 78.4 Å². The minimum Gasteiger partial charge on any atom is -0.479 e. The lowest BCUT2D eigenvalue weighted by molar-refractivity contribution is -0.148. The fourth-order valence-electron chi connectivity index (χ4n) is 3.60. The fourth-order valence-corrected chi connectivity index (χ4v) is 3.60. The maximum atomic E-state index is 15.1. The van der Waals surface area contributed by atoms with Crippen molar-refractivity contribution in [1.82, 2.24) is 0 Å². The van der Waals surface area contributed by atoms with E-state index in [0.29, 0.717) is 11.1 Å². The van der Waals surface area contributed by atoms with E-state index in [4.69, 9.17) is 4.74 Å². The van der Waals surface area contributed by atoms with E-state index >= 15 is 4.39 Å². The maximum absolute atomic E-state index is 15.1. The molecule has 0 aliphatic carbocycles. The summed E-state index contributed by atoms with van der Waals surface area (Å²) >= 11 is 0. The van der Waals surface area contributed by atoms with E-state index in [1.165, 1.54) is 30.3 Å². The van der Waals surface area contributed by atoms with Crippen LogP contribution in [0.5, 0.6) is 5.75 Å². The SMILES string of the molecule is O=C(O)C(CC(CO)(CO)CO)Oc1ccc(F)c(NCc2cc(-c3cccc(F)c3)ccc2F)c1F. The van der Waals surface area contributed by atoms with Crippen LogP contribution in [-0.2, 0) is 11.3 Å². The summed E-state index contributed by atoms with van der Waals surface area (Å²) in [7, 11) is 0. The summed E-state index contributed by atoms with van der Waals surface area (Å²) in [5, 5.41) is 40.3. The Hall–Kier alpha value is -3.67. The van der Waals surface area contributed by atoms with Gasteiger partial charge in [0.1, 0.15) is 23.1 Å². The molecule has 0 heterocycles. The fraction of sp³-hybridized carbons (Fsp3) is 0.269. The number of hydrogen-bond acceptors (Lipinski definition) is 6. The minimum atomic E-state index is -1.81. The van der Waals surface area contributed by atoms with Crippen LogP contribution in [0.15, 0.2) is 54.6 Å². The van der Waals surface area contributed by atoms with E-state index in [1.54, 1.807) is 6.07 Å². The third kappa shape index (κ3) is 6.56. The first kappa shape index (κ1) is 27.9. The number of hydrogen-bond donors (Lipinski definition) is 5. The van der Waals surface area contributed by atoms with E-state index in [2.05, 4.69) is 5.32 Å². The first-order chi connectivity index (χ1) is 17.6. The molecule has 0 spiro atoms. The molecule has 198 valence electrons. The molecule has 3 aromatic rings. The number of halogens is 4. The number of carboxylic acids is 1. The molecule has 0 aliphatic heterocycles. The van der Waals surface area contributed by atoms with Gasteiger partial charge in [-0.25, -0.2) is 22.4 Å². The molecular weight excluding hydrogens is 498 g/mol. The Morgan fingerprint density at radius 1 is 0.892 bits per heavy atom. The molecule has 1 unspecified atom stereocenters. The van der Waals surface area contributed by atoms with Crippen molar-refractivity contribution < 1.29 is 47.5 Å². The number of nitrogens with one attached hydrogen (secondary N) is 1. The first-order valence-electron chi connectivity index (χ1n) is 11.1. The quantitative estimate of drug-likeness (QED) is 0.230. The maximum Gasteiger partial charge on any atom is 0.344 e. The smallest absolute Gasteiger partial charge is 0.344 e. The number of carbonyl (C=O) groups is 1. The molecule has 5 N–H and O–H groups in total. The van der Waals surface area contributed by atoms with Gasteiger partial charge in [0.05, 0.1) is 19.8 Å². The summed E-state index contributed by atoms with van der Waals surface area (Å²) in [4.78, 5) is 11.7. The predicted molar refractivity (Wildman–Crippen MR) is 126 cm³/mol. The zero-order valence-electron chi connectivity index (χ0n) is 19.4. The number of aliphatic hydroxyl groups is 3. The molecule has 0 bridgehead atoms. The number of benzene rings is 3. The number of carboxylic acid groups (broad SMARTS) is 1. The lowest BCUT2D eigenvalue weighted by Gasteiger charge is -2.30. The van der Waals surface area contributed by atoms with Gasteiger partial charge < -0.3 is 30.5 Å². The Morgan fingerprint density at radius 2 is 1.54 bits per heavy atom. The second kappa shape index (κ2) is 12.0. The van der Waals surface area contributed by atoms with E-state index in [0.717, 1.165) is 18.2 Å². The van der Waals surface area contributed by atoms with Gasteiger partial charge in [0, 0.05) is 23.9 Å². The van der Waals surface area contributed by atoms with Crippen molar-refractivity contribution in [3.63, 3.8) is 0 Å². The van der Waals surface area contributed by atoms with Gasteiger partial charge in [-0.15, -0.1) is 0 Å². The van der Waals surface area contributed by atoms with Crippen LogP contribution in [-0.4, -0.2) is 52.3 Å². The summed E-state index contributed by atoms with van der Waals surface area (Å²) < 4.78 is 62.8. The largest absolute Gasteiger partial charge is 0.479 e. The van der Waals surface area contributed by atoms with Crippen LogP contribution in [0.25, 0.3) is 11.1 Å². The second-order valence-electron chi connectivity index (χ2n) is 8.53. The highest BCUT2D eigenvalue weighted by Crippen LogP contribution is 2.32. The van der Waals surface area contributed by atoms with Crippen molar-refractivity contribution in [2.24, 2.45) is 5.41 Å². The van der Waals surface area contributed by atoms with Crippen LogP contribution in [0, 0.1) is 28.7 Å². The third-order valence-corrected chi connectivity index (χ3v) is 5.88. The van der Waals surface area contributed by atoms with Crippen LogP contribution in [0.2, 0.25) is 0 Å². The molecule has 0 fully saturated rings. The zero-order chi connectivity index (χ0) is 27.2. The number of aliphatic carboxylic acids is 1. The van der Waals surface area contributed by atoms with Crippen LogP contribution in [0.1, 0.15) is 12.0 Å². The third-order valence-electron chi connectivity index (χ3n) is 5.88. The van der Waals surface area contributed by atoms with Gasteiger partial charge >= 0.3 is 5.97 Å². The second-order valence-corrected chi connectivity index (χ2v) is 8.53. The molecule has 0 aromatic heterocycles. The summed E-state index contributed by atoms with van der Waals surface area (Å²) in [5.74, 6) is -5.76. The molecule has 7 nitrogen and oxygen atoms in total. The Balaban J connectivity index is 1.84. The molecule has 0 saturated carbocycles. The highest BCUT2D eigenvalue weighted by molar-refractivity contribution is 5.73. The van der Waals surface area contributed by atoms with Crippen molar-refractivity contribution in [3.05, 3.63) is 83.4 Å². The monoisotopic (exact) mass is 523 g/mol. The van der Waals surface area contributed by atoms with Gasteiger partial charge in [0.15, 0.2) is 17.7 Å². The summed E-state index contributed by atoms with van der Waals surface area (Å²) in [6.45, 7) is -2.69. The molecule has 0 aliphatic rings. The highest BCUT2D eigenvalue weighted by atomic mass is 19.1. The molecule has 0 radical (unpaired) electrons. The van der Waals surface area contributed by atoms with Crippen molar-refractivity contribution >= 4 is 11.7 Å². The van der Waals surface area contributed by atoms with E-state index in [9.17, 15) is 38.4 Å². The molecule has 0 amide bonds. The number of ether oxygens (including phenoxy) is 1. The van der Waals surface area contributed by atoms with Crippen LogP contribution >= 0.6 is 0 Å². The predicted octanol–water partition coefficient (Wildman–Crippen LogP) is 3.71. The lowest BCUT2D eigenvalue weighted by Crippen LogP contribution is -2.42. The van der Waals surface area contributed by atoms with Gasteiger partial charge in [0.25, 0.3) is 0 Å². The van der Waals surface area contributed by atoms with Crippen LogP contribution < -0.4 is 10.1 Å². The summed E-state index contributed by atoms with van der Waals surface area (Å²) in [6, 6.07) is 11.2. The van der Waals surface area contributed by atoms with Gasteiger partial charge in [0.2, 0.25) is 0 Å². The molecule has 3 aromatic carbocycles. The first-order valence-corrected chi connectivity index (χ1v) is 11.1. The Morgan fingerprint density at radius 3 is 2.16 bits per heavy atom. The average Bonchev–Trinajstić information content (AvgIpc) is 2.88. The summed E-state index contributed by atoms with van der Waals surface area (Å²) in [6.07, 6.45) is -2.39. The van der Waals surface area contributed by atoms with E-state index in [-0.39, 0.29) is 12.1 Å². The standard InChI is InChI=1S/C26H25F4NO6/c27-18-3-1-2-15(9-18)16-4-5-19(28)17(8-16)11-31-24-20(29)6-7-21(23(24)30)37-22(25(35)36)10-26(12-32,13-33)14-34/h1-9,22,31-34H,10-14H2,(H,35,36). The Labute approximate surface area is 209 Å². The highest BCUT2D eigenvalue weighted by Gasteiger charge is 2.36. The van der Waals surface area contributed by atoms with Crippen molar-refractivity contribution in [3.8, 4) is 16.9 Å². The molecule has 3 rings (SSSR count). The van der Waals surface area contributed by atoms with Crippen molar-refractivity contribution in [2.75, 3.05) is 25.1 Å². The van der Waals surface area contributed by atoms with Crippen LogP contribution in [0.4, 0.5) is 23.2 Å². The van der Waals surface area contributed by atoms with Crippen molar-refractivity contribution in [1.29, 1.82) is 0 Å².